The van der Waals surface area contributed by atoms with Crippen molar-refractivity contribution in [3.8, 4) is 28.2 Å². The van der Waals surface area contributed by atoms with Gasteiger partial charge in [-0.3, -0.25) is 14.4 Å². The number of rotatable bonds is 3. The molecule has 1 aliphatic carbocycles. The predicted octanol–water partition coefficient (Wildman–Crippen LogP) is 3.68. The number of imide groups is 1. The van der Waals surface area contributed by atoms with Gasteiger partial charge in [0.2, 0.25) is 5.43 Å². The number of nitrogens with zero attached hydrogens (tertiary/aromatic N) is 1. The van der Waals surface area contributed by atoms with Gasteiger partial charge in [0.05, 0.1) is 11.3 Å². The van der Waals surface area contributed by atoms with Crippen molar-refractivity contribution < 1.29 is 37.8 Å². The third kappa shape index (κ3) is 3.12. The van der Waals surface area contributed by atoms with E-state index in [0.717, 1.165) is 47.4 Å². The minimum atomic E-state index is -1.45. The van der Waals surface area contributed by atoms with Crippen LogP contribution in [0.1, 0.15) is 10.4 Å². The van der Waals surface area contributed by atoms with E-state index in [0.29, 0.717) is 0 Å². The Kier molecular flexibility index (Phi) is 4.54. The van der Waals surface area contributed by atoms with Gasteiger partial charge in [0.1, 0.15) is 11.3 Å². The number of fused-ring (bicyclic) bond motifs is 2. The van der Waals surface area contributed by atoms with Gasteiger partial charge in [-0.05, 0) is 29.8 Å². The highest BCUT2D eigenvalue weighted by molar-refractivity contribution is 6.28. The molecule has 0 unspecified atom stereocenters. The number of carbonyl (C=O) groups is 3. The van der Waals surface area contributed by atoms with Gasteiger partial charge in [0.25, 0.3) is 11.8 Å². The van der Waals surface area contributed by atoms with Gasteiger partial charge in [0, 0.05) is 40.8 Å². The Morgan fingerprint density at radius 2 is 1.59 bits per heavy atom. The molecular formula is C24H11F2NO7. The van der Waals surface area contributed by atoms with Crippen LogP contribution in [-0.2, 0) is 9.59 Å². The van der Waals surface area contributed by atoms with E-state index in [4.69, 9.17) is 4.42 Å². The van der Waals surface area contributed by atoms with Crippen molar-refractivity contribution >= 4 is 34.4 Å². The SMILES string of the molecule is O=C(O)c1cc(N2C(=O)C=CC2=O)ccc1-c1c2cc(F)c(=O)cc-2oc2cc(O)c(F)cc12. The van der Waals surface area contributed by atoms with Crippen LogP contribution in [-0.4, -0.2) is 28.0 Å². The molecular weight excluding hydrogens is 452 g/mol. The smallest absolute Gasteiger partial charge is 0.336 e. The largest absolute Gasteiger partial charge is 0.505 e. The number of aromatic hydroxyl groups is 1. The maximum atomic E-state index is 14.3. The van der Waals surface area contributed by atoms with Crippen molar-refractivity contribution in [2.24, 2.45) is 0 Å². The molecule has 2 aromatic carbocycles. The zero-order valence-electron chi connectivity index (χ0n) is 16.8. The fourth-order valence-corrected chi connectivity index (χ4v) is 3.91. The second-order valence-electron chi connectivity index (χ2n) is 7.44. The highest BCUT2D eigenvalue weighted by Gasteiger charge is 2.28. The number of anilines is 1. The molecule has 8 nitrogen and oxygen atoms in total. The van der Waals surface area contributed by atoms with Crippen LogP contribution in [0, 0.1) is 11.6 Å². The van der Waals surface area contributed by atoms with E-state index in [-0.39, 0.29) is 44.7 Å². The first-order valence-corrected chi connectivity index (χ1v) is 9.68. The minimum absolute atomic E-state index is 0.00825. The summed E-state index contributed by atoms with van der Waals surface area (Å²) in [6, 6.07) is 7.21. The number of carboxylic acids is 1. The molecule has 2 N–H and O–H groups in total. The molecule has 34 heavy (non-hydrogen) atoms. The molecule has 10 heteroatoms. The fraction of sp³-hybridized carbons (Fsp3) is 0. The highest BCUT2D eigenvalue weighted by atomic mass is 19.1. The van der Waals surface area contributed by atoms with Crippen LogP contribution in [0.5, 0.6) is 5.75 Å². The lowest BCUT2D eigenvalue weighted by Gasteiger charge is -2.19. The summed E-state index contributed by atoms with van der Waals surface area (Å²) in [6.07, 6.45) is 2.07. The van der Waals surface area contributed by atoms with Gasteiger partial charge >= 0.3 is 5.97 Å². The van der Waals surface area contributed by atoms with Gasteiger partial charge in [-0.15, -0.1) is 0 Å². The molecule has 2 heterocycles. The van der Waals surface area contributed by atoms with Crippen LogP contribution in [0.2, 0.25) is 0 Å². The lowest BCUT2D eigenvalue weighted by atomic mass is 9.90. The predicted molar refractivity (Wildman–Crippen MR) is 115 cm³/mol. The first-order valence-electron chi connectivity index (χ1n) is 9.68. The van der Waals surface area contributed by atoms with Crippen molar-refractivity contribution in [2.45, 2.75) is 0 Å². The summed E-state index contributed by atoms with van der Waals surface area (Å²) in [4.78, 5) is 48.9. The summed E-state index contributed by atoms with van der Waals surface area (Å²) in [6.45, 7) is 0. The van der Waals surface area contributed by atoms with Crippen LogP contribution >= 0.6 is 0 Å². The molecule has 0 fully saturated rings. The van der Waals surface area contributed by atoms with Crippen molar-refractivity contribution in [3.05, 3.63) is 82.0 Å². The lowest BCUT2D eigenvalue weighted by molar-refractivity contribution is -0.120. The topological polar surface area (TPSA) is 125 Å². The molecule has 0 saturated carbocycles. The number of carbonyl (C=O) groups excluding carboxylic acids is 2. The molecule has 0 radical (unpaired) electrons. The normalized spacial score (nSPS) is 13.4. The number of hydrogen-bond acceptors (Lipinski definition) is 6. The molecule has 0 bridgehead atoms. The summed E-state index contributed by atoms with van der Waals surface area (Å²) >= 11 is 0. The van der Waals surface area contributed by atoms with Gasteiger partial charge in [-0.2, -0.15) is 0 Å². The van der Waals surface area contributed by atoms with E-state index >= 15 is 0 Å². The maximum Gasteiger partial charge on any atom is 0.336 e. The zero-order valence-corrected chi connectivity index (χ0v) is 16.8. The van der Waals surface area contributed by atoms with Gasteiger partial charge in [-0.1, -0.05) is 6.07 Å². The highest BCUT2D eigenvalue weighted by Crippen LogP contribution is 2.43. The quantitative estimate of drug-likeness (QED) is 0.351. The van der Waals surface area contributed by atoms with E-state index in [1.165, 1.54) is 12.1 Å². The van der Waals surface area contributed by atoms with E-state index in [1.807, 2.05) is 0 Å². The van der Waals surface area contributed by atoms with Crippen molar-refractivity contribution in [1.82, 2.24) is 0 Å². The second-order valence-corrected chi connectivity index (χ2v) is 7.44. The number of amides is 2. The molecule has 0 spiro atoms. The Hall–Kier alpha value is -4.86. The van der Waals surface area contributed by atoms with Crippen molar-refractivity contribution in [2.75, 3.05) is 4.90 Å². The third-order valence-electron chi connectivity index (χ3n) is 5.41. The van der Waals surface area contributed by atoms with Gasteiger partial charge < -0.3 is 14.6 Å². The maximum absolute atomic E-state index is 14.3. The van der Waals surface area contributed by atoms with Crippen LogP contribution in [0.3, 0.4) is 0 Å². The molecule has 0 saturated heterocycles. The van der Waals surface area contributed by atoms with E-state index in [9.17, 15) is 38.2 Å². The molecule has 2 amide bonds. The van der Waals surface area contributed by atoms with Crippen molar-refractivity contribution in [3.63, 3.8) is 0 Å². The fourth-order valence-electron chi connectivity index (χ4n) is 3.91. The average molecular weight is 463 g/mol. The summed E-state index contributed by atoms with van der Waals surface area (Å²) in [7, 11) is 0. The van der Waals surface area contributed by atoms with Crippen LogP contribution in [0.4, 0.5) is 14.5 Å². The van der Waals surface area contributed by atoms with Crippen LogP contribution < -0.4 is 10.3 Å². The second kappa shape index (κ2) is 7.34. The monoisotopic (exact) mass is 463 g/mol. The molecule has 168 valence electrons. The molecule has 2 aromatic rings. The Morgan fingerprint density at radius 3 is 2.26 bits per heavy atom. The van der Waals surface area contributed by atoms with E-state index < -0.39 is 40.6 Å². The van der Waals surface area contributed by atoms with Crippen LogP contribution in [0.25, 0.3) is 33.4 Å². The number of aromatic carboxylic acids is 1. The third-order valence-corrected chi connectivity index (χ3v) is 5.41. The Labute approximate surface area is 187 Å². The number of hydrogen-bond donors (Lipinski definition) is 2. The standard InChI is InChI=1S/C24H11F2NO7/c25-15-6-13-19(8-17(15)28)34-20-9-18(29)16(26)7-14(20)23(13)11-2-1-10(5-12(11)24(32)33)27-21(30)3-4-22(27)31/h1-9,28H,(H,32,33). The zero-order chi connectivity index (χ0) is 24.3. The van der Waals surface area contributed by atoms with Crippen molar-refractivity contribution in [1.29, 1.82) is 0 Å². The minimum Gasteiger partial charge on any atom is -0.505 e. The molecule has 3 aliphatic rings. The summed E-state index contributed by atoms with van der Waals surface area (Å²) < 4.78 is 34.1. The summed E-state index contributed by atoms with van der Waals surface area (Å²) in [5.74, 6) is -5.84. The number of phenols is 1. The number of benzene rings is 3. The van der Waals surface area contributed by atoms with Crippen LogP contribution in [0.15, 0.2) is 63.8 Å². The summed E-state index contributed by atoms with van der Waals surface area (Å²) in [5.41, 5.74) is -1.54. The first kappa shape index (κ1) is 21.0. The molecule has 2 aliphatic heterocycles. The first-order chi connectivity index (χ1) is 16.2. The lowest BCUT2D eigenvalue weighted by Crippen LogP contribution is -2.29. The Morgan fingerprint density at radius 1 is 0.882 bits per heavy atom. The molecule has 0 aromatic heterocycles. The Balaban J connectivity index is 1.88. The number of phenolic OH excluding ortho intramolecular Hbond substituents is 1. The van der Waals surface area contributed by atoms with E-state index in [2.05, 4.69) is 0 Å². The molecule has 0 atom stereocenters. The average Bonchev–Trinajstić information content (AvgIpc) is 3.12. The summed E-state index contributed by atoms with van der Waals surface area (Å²) in [5, 5.41) is 19.7. The number of halogens is 2. The molecule has 5 rings (SSSR count). The number of carboxylic acid groups (broad SMARTS) is 1. The Bertz CT molecular complexity index is 1620. The van der Waals surface area contributed by atoms with Gasteiger partial charge in [0.15, 0.2) is 17.4 Å². The van der Waals surface area contributed by atoms with E-state index in [1.54, 1.807) is 0 Å². The van der Waals surface area contributed by atoms with Gasteiger partial charge in [-0.25, -0.2) is 18.5 Å².